The number of nitrogens with zero attached hydrogens (tertiary/aromatic N) is 3. The van der Waals surface area contributed by atoms with Gasteiger partial charge in [-0.25, -0.2) is 15.0 Å². The molecule has 2 rings (SSSR count). The third-order valence-corrected chi connectivity index (χ3v) is 3.39. The highest BCUT2D eigenvalue weighted by molar-refractivity contribution is 7.11. The van der Waals surface area contributed by atoms with E-state index in [0.29, 0.717) is 11.7 Å². The summed E-state index contributed by atoms with van der Waals surface area (Å²) < 4.78 is 0. The first-order valence-electron chi connectivity index (χ1n) is 4.79. The van der Waals surface area contributed by atoms with E-state index in [9.17, 15) is 0 Å². The van der Waals surface area contributed by atoms with Gasteiger partial charge in [-0.05, 0) is 13.8 Å². The summed E-state index contributed by atoms with van der Waals surface area (Å²) in [5, 5.41) is 4.71. The lowest BCUT2D eigenvalue weighted by Crippen LogP contribution is -2.03. The lowest BCUT2D eigenvalue weighted by molar-refractivity contribution is 1.04. The third kappa shape index (κ3) is 2.48. The average molecular weight is 255 g/mol. The van der Waals surface area contributed by atoms with Crippen molar-refractivity contribution in [3.8, 4) is 0 Å². The fourth-order valence-corrected chi connectivity index (χ4v) is 2.11. The van der Waals surface area contributed by atoms with Crippen LogP contribution in [0.5, 0.6) is 0 Å². The van der Waals surface area contributed by atoms with Gasteiger partial charge in [0.2, 0.25) is 0 Å². The molecule has 0 aliphatic heterocycles. The van der Waals surface area contributed by atoms with E-state index in [-0.39, 0.29) is 0 Å². The van der Waals surface area contributed by atoms with E-state index >= 15 is 0 Å². The fourth-order valence-electron chi connectivity index (χ4n) is 1.25. The summed E-state index contributed by atoms with van der Waals surface area (Å²) in [6.45, 7) is 4.58. The highest BCUT2D eigenvalue weighted by Gasteiger charge is 2.05. The summed E-state index contributed by atoms with van der Waals surface area (Å²) in [4.78, 5) is 13.5. The molecule has 0 radical (unpaired) electrons. The van der Waals surface area contributed by atoms with E-state index in [1.54, 1.807) is 11.3 Å². The molecule has 0 unspecified atom stereocenters. The summed E-state index contributed by atoms with van der Waals surface area (Å²) in [7, 11) is 0. The largest absolute Gasteiger partial charge is 0.363 e. The van der Waals surface area contributed by atoms with Gasteiger partial charge in [-0.3, -0.25) is 0 Å². The molecule has 0 aliphatic carbocycles. The monoisotopic (exact) mass is 254 g/mol. The predicted molar refractivity (Wildman–Crippen MR) is 66.0 cm³/mol. The van der Waals surface area contributed by atoms with E-state index in [4.69, 9.17) is 11.6 Å². The first-order valence-corrected chi connectivity index (χ1v) is 5.98. The topological polar surface area (TPSA) is 50.7 Å². The fraction of sp³-hybridized carbons (Fsp3) is 0.300. The lowest BCUT2D eigenvalue weighted by Gasteiger charge is -2.06. The third-order valence-electron chi connectivity index (χ3n) is 2.10. The average Bonchev–Trinajstić information content (AvgIpc) is 2.67. The van der Waals surface area contributed by atoms with Crippen molar-refractivity contribution in [2.24, 2.45) is 0 Å². The molecule has 16 heavy (non-hydrogen) atoms. The molecule has 84 valence electrons. The highest BCUT2D eigenvalue weighted by atomic mass is 35.5. The molecule has 0 saturated heterocycles. The minimum atomic E-state index is 0.479. The van der Waals surface area contributed by atoms with Crippen LogP contribution in [0, 0.1) is 13.8 Å². The zero-order valence-electron chi connectivity index (χ0n) is 8.99. The van der Waals surface area contributed by atoms with Gasteiger partial charge in [0.25, 0.3) is 0 Å². The Bertz CT molecular complexity index is 497. The number of aromatic nitrogens is 3. The molecule has 0 saturated carbocycles. The summed E-state index contributed by atoms with van der Waals surface area (Å²) in [5.41, 5.74) is 0.859. The predicted octanol–water partition coefficient (Wildman–Crippen LogP) is 2.82. The molecule has 2 aromatic rings. The summed E-state index contributed by atoms with van der Waals surface area (Å²) >= 11 is 7.56. The number of anilines is 1. The molecule has 6 heteroatoms. The van der Waals surface area contributed by atoms with Gasteiger partial charge in [-0.15, -0.1) is 11.3 Å². The van der Waals surface area contributed by atoms with Crippen LogP contribution < -0.4 is 5.32 Å². The van der Waals surface area contributed by atoms with Crippen LogP contribution in [0.15, 0.2) is 12.5 Å². The van der Waals surface area contributed by atoms with Crippen LogP contribution >= 0.6 is 22.9 Å². The van der Waals surface area contributed by atoms with Crippen LogP contribution in [0.3, 0.4) is 0 Å². The van der Waals surface area contributed by atoms with Gasteiger partial charge < -0.3 is 5.32 Å². The second kappa shape index (κ2) is 4.76. The summed E-state index contributed by atoms with van der Waals surface area (Å²) in [6.07, 6.45) is 3.31. The van der Waals surface area contributed by atoms with Crippen molar-refractivity contribution in [1.82, 2.24) is 15.0 Å². The SMILES string of the molecule is Cc1cnc(CNc2ncnc(Cl)c2C)s1. The Morgan fingerprint density at radius 3 is 2.81 bits per heavy atom. The maximum Gasteiger partial charge on any atom is 0.137 e. The van der Waals surface area contributed by atoms with Gasteiger partial charge in [0.05, 0.1) is 6.54 Å². The van der Waals surface area contributed by atoms with Crippen LogP contribution in [-0.2, 0) is 6.54 Å². The second-order valence-corrected chi connectivity index (χ2v) is 5.03. The quantitative estimate of drug-likeness (QED) is 0.856. The molecule has 2 aromatic heterocycles. The minimum Gasteiger partial charge on any atom is -0.363 e. The molecule has 0 aliphatic rings. The number of aryl methyl sites for hydroxylation is 1. The molecule has 4 nitrogen and oxygen atoms in total. The van der Waals surface area contributed by atoms with Gasteiger partial charge in [-0.1, -0.05) is 11.6 Å². The Labute approximate surface area is 103 Å². The van der Waals surface area contributed by atoms with Crippen LogP contribution in [0.1, 0.15) is 15.4 Å². The molecule has 0 atom stereocenters. The zero-order chi connectivity index (χ0) is 11.5. The molecule has 0 amide bonds. The number of thiazole rings is 1. The molecular formula is C10H11ClN4S. The lowest BCUT2D eigenvalue weighted by atomic mass is 10.3. The Morgan fingerprint density at radius 1 is 1.31 bits per heavy atom. The minimum absolute atomic E-state index is 0.479. The van der Waals surface area contributed by atoms with Crippen molar-refractivity contribution in [2.75, 3.05) is 5.32 Å². The Morgan fingerprint density at radius 2 is 2.12 bits per heavy atom. The van der Waals surface area contributed by atoms with Gasteiger partial charge in [0, 0.05) is 16.6 Å². The van der Waals surface area contributed by atoms with Crippen LogP contribution in [0.2, 0.25) is 5.15 Å². The van der Waals surface area contributed by atoms with Crippen LogP contribution in [0.4, 0.5) is 5.82 Å². The van der Waals surface area contributed by atoms with E-state index in [1.807, 2.05) is 20.0 Å². The van der Waals surface area contributed by atoms with Gasteiger partial charge in [0.15, 0.2) is 0 Å². The van der Waals surface area contributed by atoms with Gasteiger partial charge in [0.1, 0.15) is 22.3 Å². The highest BCUT2D eigenvalue weighted by Crippen LogP contribution is 2.19. The van der Waals surface area contributed by atoms with Crippen molar-refractivity contribution < 1.29 is 0 Å². The Hall–Kier alpha value is -1.20. The molecule has 0 fully saturated rings. The summed E-state index contributed by atoms with van der Waals surface area (Å²) in [5.74, 6) is 0.757. The smallest absolute Gasteiger partial charge is 0.137 e. The normalized spacial score (nSPS) is 10.4. The maximum atomic E-state index is 5.90. The molecule has 0 spiro atoms. The number of halogens is 1. The first-order chi connectivity index (χ1) is 7.66. The van der Waals surface area contributed by atoms with Crippen molar-refractivity contribution in [2.45, 2.75) is 20.4 Å². The Balaban J connectivity index is 2.07. The molecule has 0 aromatic carbocycles. The Kier molecular flexibility index (Phi) is 3.36. The molecular weight excluding hydrogens is 244 g/mol. The van der Waals surface area contributed by atoms with E-state index < -0.39 is 0 Å². The van der Waals surface area contributed by atoms with Crippen LogP contribution in [-0.4, -0.2) is 15.0 Å². The number of rotatable bonds is 3. The molecule has 0 bridgehead atoms. The number of nitrogens with one attached hydrogen (secondary N) is 1. The van der Waals surface area contributed by atoms with E-state index in [0.717, 1.165) is 16.4 Å². The van der Waals surface area contributed by atoms with Crippen molar-refractivity contribution in [3.63, 3.8) is 0 Å². The van der Waals surface area contributed by atoms with Crippen LogP contribution in [0.25, 0.3) is 0 Å². The zero-order valence-corrected chi connectivity index (χ0v) is 10.6. The number of hydrogen-bond donors (Lipinski definition) is 1. The molecule has 2 heterocycles. The van der Waals surface area contributed by atoms with Crippen molar-refractivity contribution in [3.05, 3.63) is 33.1 Å². The second-order valence-electron chi connectivity index (χ2n) is 3.36. The summed E-state index contributed by atoms with van der Waals surface area (Å²) in [6, 6.07) is 0. The number of hydrogen-bond acceptors (Lipinski definition) is 5. The van der Waals surface area contributed by atoms with Gasteiger partial charge >= 0.3 is 0 Å². The van der Waals surface area contributed by atoms with Gasteiger partial charge in [-0.2, -0.15) is 0 Å². The molecule has 1 N–H and O–H groups in total. The van der Waals surface area contributed by atoms with Crippen molar-refractivity contribution in [1.29, 1.82) is 0 Å². The van der Waals surface area contributed by atoms with Crippen molar-refractivity contribution >= 4 is 28.8 Å². The first kappa shape index (κ1) is 11.3. The maximum absolute atomic E-state index is 5.90. The van der Waals surface area contributed by atoms with E-state index in [1.165, 1.54) is 11.2 Å². The van der Waals surface area contributed by atoms with E-state index in [2.05, 4.69) is 20.3 Å². The standard InChI is InChI=1S/C10H11ClN4S/c1-6-3-12-8(16-6)4-13-10-7(2)9(11)14-5-15-10/h3,5H,4H2,1-2H3,(H,13,14,15).